The zero-order valence-corrected chi connectivity index (χ0v) is 18.5. The molecule has 3 rings (SSSR count). The number of nitrogens with one attached hydrogen (secondary N) is 1. The van der Waals surface area contributed by atoms with E-state index in [-0.39, 0.29) is 11.9 Å². The molecule has 1 aromatic carbocycles. The van der Waals surface area contributed by atoms with E-state index in [1.165, 1.54) is 33.4 Å². The van der Waals surface area contributed by atoms with E-state index in [0.29, 0.717) is 18.6 Å². The number of hydrogen-bond acceptors (Lipinski definition) is 3. The van der Waals surface area contributed by atoms with Crippen molar-refractivity contribution < 1.29 is 9.21 Å². The molecule has 30 heavy (non-hydrogen) atoms. The number of rotatable bonds is 7. The smallest absolute Gasteiger partial charge is 0.287 e. The molecule has 3 aromatic rings. The predicted molar refractivity (Wildman–Crippen MR) is 121 cm³/mol. The van der Waals surface area contributed by atoms with Gasteiger partial charge in [-0.2, -0.15) is 0 Å². The predicted octanol–water partition coefficient (Wildman–Crippen LogP) is 5.85. The van der Waals surface area contributed by atoms with Gasteiger partial charge in [-0.1, -0.05) is 6.08 Å². The summed E-state index contributed by atoms with van der Waals surface area (Å²) in [7, 11) is 0. The Kier molecular flexibility index (Phi) is 6.56. The summed E-state index contributed by atoms with van der Waals surface area (Å²) in [6.45, 7) is 14.6. The van der Waals surface area contributed by atoms with Crippen LogP contribution in [0.1, 0.15) is 67.7 Å². The summed E-state index contributed by atoms with van der Waals surface area (Å²) in [6.07, 6.45) is 6.54. The Morgan fingerprint density at radius 1 is 1.00 bits per heavy atom. The molecule has 1 amide bonds. The Balaban J connectivity index is 1.80. The maximum atomic E-state index is 12.8. The first-order chi connectivity index (χ1) is 14.3. The van der Waals surface area contributed by atoms with Gasteiger partial charge in [-0.3, -0.25) is 9.78 Å². The molecule has 0 aliphatic rings. The number of aromatic nitrogens is 1. The summed E-state index contributed by atoms with van der Waals surface area (Å²) in [4.78, 5) is 16.8. The average Bonchev–Trinajstić information content (AvgIpc) is 3.23. The molecule has 0 aliphatic heterocycles. The second-order valence-electron chi connectivity index (χ2n) is 7.88. The van der Waals surface area contributed by atoms with Gasteiger partial charge in [0.05, 0.1) is 6.04 Å². The second kappa shape index (κ2) is 9.12. The highest BCUT2D eigenvalue weighted by molar-refractivity contribution is 5.91. The van der Waals surface area contributed by atoms with E-state index >= 15 is 0 Å². The van der Waals surface area contributed by atoms with Gasteiger partial charge in [0, 0.05) is 18.8 Å². The molecule has 156 valence electrons. The highest BCUT2D eigenvalue weighted by Gasteiger charge is 2.19. The van der Waals surface area contributed by atoms with Crippen molar-refractivity contribution in [3.05, 3.63) is 99.8 Å². The van der Waals surface area contributed by atoms with Crippen LogP contribution in [0.3, 0.4) is 0 Å². The maximum Gasteiger partial charge on any atom is 0.287 e. The number of carbonyl (C=O) groups is 1. The van der Waals surface area contributed by atoms with E-state index in [1.807, 2.05) is 18.2 Å². The Morgan fingerprint density at radius 2 is 1.60 bits per heavy atom. The minimum absolute atomic E-state index is 0.168. The van der Waals surface area contributed by atoms with Crippen LogP contribution in [0.4, 0.5) is 0 Å². The molecule has 2 heterocycles. The first-order valence-electron chi connectivity index (χ1n) is 10.3. The molecule has 0 saturated carbocycles. The standard InChI is InChI=1S/C26H30N2O2/c1-7-8-24(21-11-13-27-14-12-21)28-26(29)25-10-9-22(30-25)15-23-19(5)17(3)16(2)18(4)20(23)6/h7,9-14,24H,1,8,15H2,2-6H3,(H,28,29). The van der Waals surface area contributed by atoms with E-state index in [0.717, 1.165) is 11.3 Å². The molecule has 0 spiro atoms. The molecular formula is C26H30N2O2. The van der Waals surface area contributed by atoms with Crippen molar-refractivity contribution in [1.29, 1.82) is 0 Å². The van der Waals surface area contributed by atoms with Crippen molar-refractivity contribution in [1.82, 2.24) is 10.3 Å². The van der Waals surface area contributed by atoms with E-state index in [1.54, 1.807) is 24.5 Å². The zero-order valence-electron chi connectivity index (χ0n) is 18.5. The summed E-state index contributed by atoms with van der Waals surface area (Å²) >= 11 is 0. The second-order valence-corrected chi connectivity index (χ2v) is 7.88. The lowest BCUT2D eigenvalue weighted by Crippen LogP contribution is -2.28. The van der Waals surface area contributed by atoms with Gasteiger partial charge in [0.15, 0.2) is 5.76 Å². The molecule has 0 radical (unpaired) electrons. The third kappa shape index (κ3) is 4.38. The molecule has 0 fully saturated rings. The number of carbonyl (C=O) groups excluding carboxylic acids is 1. The average molecular weight is 403 g/mol. The third-order valence-corrected chi connectivity index (χ3v) is 6.21. The van der Waals surface area contributed by atoms with Crippen molar-refractivity contribution in [2.75, 3.05) is 0 Å². The largest absolute Gasteiger partial charge is 0.456 e. The van der Waals surface area contributed by atoms with Crippen molar-refractivity contribution >= 4 is 5.91 Å². The third-order valence-electron chi connectivity index (χ3n) is 6.21. The molecule has 1 N–H and O–H groups in total. The van der Waals surface area contributed by atoms with E-state index in [2.05, 4.69) is 51.5 Å². The molecule has 2 aromatic heterocycles. The minimum atomic E-state index is -0.227. The van der Waals surface area contributed by atoms with Crippen molar-refractivity contribution in [3.8, 4) is 0 Å². The SMILES string of the molecule is C=CCC(NC(=O)c1ccc(Cc2c(C)c(C)c(C)c(C)c2C)o1)c1ccncc1. The van der Waals surface area contributed by atoms with E-state index in [9.17, 15) is 4.79 Å². The van der Waals surface area contributed by atoms with Crippen LogP contribution in [0.25, 0.3) is 0 Å². The summed E-state index contributed by atoms with van der Waals surface area (Å²) in [6, 6.07) is 7.28. The van der Waals surface area contributed by atoms with Gasteiger partial charge in [0.2, 0.25) is 0 Å². The Labute approximate surface area is 179 Å². The van der Waals surface area contributed by atoms with Crippen molar-refractivity contribution in [3.63, 3.8) is 0 Å². The Morgan fingerprint density at radius 3 is 2.20 bits per heavy atom. The number of nitrogens with zero attached hydrogens (tertiary/aromatic N) is 1. The van der Waals surface area contributed by atoms with Gasteiger partial charge in [-0.25, -0.2) is 0 Å². The molecular weight excluding hydrogens is 372 g/mol. The Bertz CT molecular complexity index is 1040. The number of furan rings is 1. The van der Waals surface area contributed by atoms with Crippen LogP contribution in [0.2, 0.25) is 0 Å². The fraction of sp³-hybridized carbons (Fsp3) is 0.308. The Hall–Kier alpha value is -3.14. The van der Waals surface area contributed by atoms with Crippen LogP contribution in [-0.4, -0.2) is 10.9 Å². The summed E-state index contributed by atoms with van der Waals surface area (Å²) in [5.74, 6) is 0.886. The molecule has 0 bridgehead atoms. The topological polar surface area (TPSA) is 55.1 Å². The lowest BCUT2D eigenvalue weighted by molar-refractivity contribution is 0.0907. The van der Waals surface area contributed by atoms with Gasteiger partial charge in [-0.15, -0.1) is 6.58 Å². The van der Waals surface area contributed by atoms with E-state index in [4.69, 9.17) is 4.42 Å². The number of pyridine rings is 1. The van der Waals surface area contributed by atoms with Crippen molar-refractivity contribution in [2.24, 2.45) is 0 Å². The zero-order chi connectivity index (χ0) is 21.8. The normalized spacial score (nSPS) is 11.9. The highest BCUT2D eigenvalue weighted by atomic mass is 16.3. The number of amides is 1. The van der Waals surface area contributed by atoms with Gasteiger partial charge in [0.1, 0.15) is 5.76 Å². The summed E-state index contributed by atoms with van der Waals surface area (Å²) in [5.41, 5.74) is 8.84. The number of hydrogen-bond donors (Lipinski definition) is 1. The van der Waals surface area contributed by atoms with Gasteiger partial charge in [0.25, 0.3) is 5.91 Å². The molecule has 1 atom stereocenters. The van der Waals surface area contributed by atoms with Crippen LogP contribution < -0.4 is 5.32 Å². The van der Waals surface area contributed by atoms with Crippen LogP contribution >= 0.6 is 0 Å². The first-order valence-corrected chi connectivity index (χ1v) is 10.3. The molecule has 4 heteroatoms. The van der Waals surface area contributed by atoms with Crippen LogP contribution in [-0.2, 0) is 6.42 Å². The van der Waals surface area contributed by atoms with Gasteiger partial charge in [-0.05, 0) is 104 Å². The minimum Gasteiger partial charge on any atom is -0.456 e. The molecule has 4 nitrogen and oxygen atoms in total. The fourth-order valence-electron chi connectivity index (χ4n) is 3.88. The van der Waals surface area contributed by atoms with E-state index < -0.39 is 0 Å². The highest BCUT2D eigenvalue weighted by Crippen LogP contribution is 2.28. The van der Waals surface area contributed by atoms with Crippen LogP contribution in [0, 0.1) is 34.6 Å². The number of benzene rings is 1. The monoisotopic (exact) mass is 402 g/mol. The lowest BCUT2D eigenvalue weighted by Gasteiger charge is -2.18. The molecule has 0 aliphatic carbocycles. The van der Waals surface area contributed by atoms with Crippen molar-refractivity contribution in [2.45, 2.75) is 53.5 Å². The van der Waals surface area contributed by atoms with Gasteiger partial charge >= 0.3 is 0 Å². The molecule has 0 saturated heterocycles. The van der Waals surface area contributed by atoms with Crippen LogP contribution in [0.15, 0.2) is 53.7 Å². The quantitative estimate of drug-likeness (QED) is 0.504. The maximum absolute atomic E-state index is 12.8. The molecule has 1 unspecified atom stereocenters. The van der Waals surface area contributed by atoms with Crippen LogP contribution in [0.5, 0.6) is 0 Å². The summed E-state index contributed by atoms with van der Waals surface area (Å²) < 4.78 is 5.93. The lowest BCUT2D eigenvalue weighted by atomic mass is 9.88. The summed E-state index contributed by atoms with van der Waals surface area (Å²) in [5, 5.41) is 3.04. The first kappa shape index (κ1) is 21.6. The van der Waals surface area contributed by atoms with Gasteiger partial charge < -0.3 is 9.73 Å². The fourth-order valence-corrected chi connectivity index (χ4v) is 3.88.